The smallest absolute Gasteiger partial charge is 0.344 e. The third-order valence-electron chi connectivity index (χ3n) is 2.65. The van der Waals surface area contributed by atoms with Gasteiger partial charge in [-0.2, -0.15) is 0 Å². The average molecular weight is 346 g/mol. The second-order valence-electron chi connectivity index (χ2n) is 4.74. The zero-order chi connectivity index (χ0) is 15.3. The Morgan fingerprint density at radius 3 is 2.55 bits per heavy atom. The number of hydrogen-bond acceptors (Lipinski definition) is 4. The third-order valence-corrected chi connectivity index (χ3v) is 3.24. The van der Waals surface area contributed by atoms with Crippen molar-refractivity contribution < 1.29 is 19.4 Å². The third kappa shape index (κ3) is 4.68. The van der Waals surface area contributed by atoms with Gasteiger partial charge >= 0.3 is 5.97 Å². The van der Waals surface area contributed by atoms with Crippen molar-refractivity contribution in [1.82, 2.24) is 5.32 Å². The highest BCUT2D eigenvalue weighted by Gasteiger charge is 2.18. The number of ether oxygens (including phenoxy) is 2. The minimum Gasteiger partial charge on any atom is -0.493 e. The minimum absolute atomic E-state index is 0.378. The molecule has 0 bridgehead atoms. The van der Waals surface area contributed by atoms with E-state index in [0.29, 0.717) is 28.6 Å². The summed E-state index contributed by atoms with van der Waals surface area (Å²) in [5.41, 5.74) is 1.03. The standard InChI is InChI=1S/C14H20BrNO4/c1-8(2)16-7-10-5-11(15)13(12(6-10)19-4)20-9(3)14(17)18/h5-6,8-9,16H,7H2,1-4H3,(H,17,18). The number of carboxylic acid groups (broad SMARTS) is 1. The summed E-state index contributed by atoms with van der Waals surface area (Å²) in [6.07, 6.45) is -0.945. The lowest BCUT2D eigenvalue weighted by Crippen LogP contribution is -2.24. The van der Waals surface area contributed by atoms with E-state index in [4.69, 9.17) is 14.6 Å². The van der Waals surface area contributed by atoms with Crippen LogP contribution in [0.5, 0.6) is 11.5 Å². The number of nitrogens with one attached hydrogen (secondary N) is 1. The molecule has 112 valence electrons. The van der Waals surface area contributed by atoms with Gasteiger partial charge in [0.15, 0.2) is 17.6 Å². The Kier molecular flexibility index (Phi) is 6.29. The highest BCUT2D eigenvalue weighted by Crippen LogP contribution is 2.37. The van der Waals surface area contributed by atoms with Crippen LogP contribution in [0.15, 0.2) is 16.6 Å². The highest BCUT2D eigenvalue weighted by atomic mass is 79.9. The van der Waals surface area contributed by atoms with Crippen LogP contribution in [0.3, 0.4) is 0 Å². The topological polar surface area (TPSA) is 67.8 Å². The van der Waals surface area contributed by atoms with Crippen molar-refractivity contribution in [2.45, 2.75) is 39.5 Å². The molecule has 0 heterocycles. The lowest BCUT2D eigenvalue weighted by molar-refractivity contribution is -0.144. The number of aliphatic carboxylic acids is 1. The molecule has 2 N–H and O–H groups in total. The molecule has 0 fully saturated rings. The fraction of sp³-hybridized carbons (Fsp3) is 0.500. The van der Waals surface area contributed by atoms with E-state index in [1.54, 1.807) is 0 Å². The SMILES string of the molecule is COc1cc(CNC(C)C)cc(Br)c1OC(C)C(=O)O. The minimum atomic E-state index is -1.02. The Bertz CT molecular complexity index is 476. The summed E-state index contributed by atoms with van der Waals surface area (Å²) in [7, 11) is 1.53. The lowest BCUT2D eigenvalue weighted by atomic mass is 10.2. The molecule has 0 amide bonds. The van der Waals surface area contributed by atoms with Gasteiger partial charge in [0.25, 0.3) is 0 Å². The maximum Gasteiger partial charge on any atom is 0.344 e. The van der Waals surface area contributed by atoms with E-state index in [2.05, 4.69) is 35.1 Å². The summed E-state index contributed by atoms with van der Waals surface area (Å²) in [6, 6.07) is 4.11. The molecule has 0 spiro atoms. The molecule has 0 saturated carbocycles. The van der Waals surface area contributed by atoms with E-state index in [1.165, 1.54) is 14.0 Å². The van der Waals surface area contributed by atoms with Crippen LogP contribution in [-0.2, 0) is 11.3 Å². The Labute approximate surface area is 127 Å². The molecule has 0 aromatic heterocycles. The summed E-state index contributed by atoms with van der Waals surface area (Å²) < 4.78 is 11.4. The van der Waals surface area contributed by atoms with Crippen molar-refractivity contribution in [3.8, 4) is 11.5 Å². The van der Waals surface area contributed by atoms with Crippen LogP contribution in [0.25, 0.3) is 0 Å². The maximum absolute atomic E-state index is 10.9. The van der Waals surface area contributed by atoms with Crippen molar-refractivity contribution in [3.63, 3.8) is 0 Å². The second kappa shape index (κ2) is 7.50. The molecule has 20 heavy (non-hydrogen) atoms. The van der Waals surface area contributed by atoms with Gasteiger partial charge in [-0.1, -0.05) is 13.8 Å². The Morgan fingerprint density at radius 1 is 1.40 bits per heavy atom. The van der Waals surface area contributed by atoms with Gasteiger partial charge in [0.05, 0.1) is 11.6 Å². The van der Waals surface area contributed by atoms with Gasteiger partial charge in [0.2, 0.25) is 0 Å². The number of rotatable bonds is 7. The van der Waals surface area contributed by atoms with Crippen LogP contribution in [0.4, 0.5) is 0 Å². The molecule has 0 radical (unpaired) electrons. The quantitative estimate of drug-likeness (QED) is 0.795. The van der Waals surface area contributed by atoms with Crippen LogP contribution in [-0.4, -0.2) is 30.3 Å². The Morgan fingerprint density at radius 2 is 2.05 bits per heavy atom. The fourth-order valence-corrected chi connectivity index (χ4v) is 2.12. The normalized spacial score (nSPS) is 12.3. The lowest BCUT2D eigenvalue weighted by Gasteiger charge is -2.17. The number of halogens is 1. The van der Waals surface area contributed by atoms with Crippen LogP contribution in [0.1, 0.15) is 26.3 Å². The number of benzene rings is 1. The van der Waals surface area contributed by atoms with E-state index < -0.39 is 12.1 Å². The molecule has 0 saturated heterocycles. The summed E-state index contributed by atoms with van der Waals surface area (Å²) >= 11 is 3.40. The molecule has 1 aromatic carbocycles. The molecule has 0 aliphatic carbocycles. The van der Waals surface area contributed by atoms with Crippen molar-refractivity contribution in [2.75, 3.05) is 7.11 Å². The molecular weight excluding hydrogens is 326 g/mol. The first-order valence-electron chi connectivity index (χ1n) is 6.34. The zero-order valence-corrected chi connectivity index (χ0v) is 13.7. The molecule has 1 atom stereocenters. The fourth-order valence-electron chi connectivity index (χ4n) is 1.54. The van der Waals surface area contributed by atoms with Crippen molar-refractivity contribution in [2.24, 2.45) is 0 Å². The van der Waals surface area contributed by atoms with Crippen molar-refractivity contribution in [1.29, 1.82) is 0 Å². The van der Waals surface area contributed by atoms with Gasteiger partial charge < -0.3 is 19.9 Å². The highest BCUT2D eigenvalue weighted by molar-refractivity contribution is 9.10. The van der Waals surface area contributed by atoms with Crippen molar-refractivity contribution in [3.05, 3.63) is 22.2 Å². The predicted molar refractivity (Wildman–Crippen MR) is 80.4 cm³/mol. The monoisotopic (exact) mass is 345 g/mol. The van der Waals surface area contributed by atoms with Gasteiger partial charge in [-0.15, -0.1) is 0 Å². The maximum atomic E-state index is 10.9. The van der Waals surface area contributed by atoms with Crippen LogP contribution < -0.4 is 14.8 Å². The summed E-state index contributed by atoms with van der Waals surface area (Å²) in [6.45, 7) is 6.31. The van der Waals surface area contributed by atoms with Gasteiger partial charge in [-0.05, 0) is 40.5 Å². The van der Waals surface area contributed by atoms with Crippen LogP contribution >= 0.6 is 15.9 Å². The predicted octanol–water partition coefficient (Wildman–Crippen LogP) is 2.81. The molecule has 1 rings (SSSR count). The first-order chi connectivity index (χ1) is 9.35. The zero-order valence-electron chi connectivity index (χ0n) is 12.1. The number of hydrogen-bond donors (Lipinski definition) is 2. The molecule has 1 aromatic rings. The summed E-state index contributed by atoms with van der Waals surface area (Å²) in [5, 5.41) is 12.2. The van der Waals surface area contributed by atoms with Gasteiger partial charge in [0.1, 0.15) is 0 Å². The van der Waals surface area contributed by atoms with Gasteiger partial charge in [-0.3, -0.25) is 0 Å². The van der Waals surface area contributed by atoms with E-state index in [0.717, 1.165) is 5.56 Å². The van der Waals surface area contributed by atoms with Gasteiger partial charge in [0, 0.05) is 12.6 Å². The largest absolute Gasteiger partial charge is 0.493 e. The van der Waals surface area contributed by atoms with E-state index in [-0.39, 0.29) is 0 Å². The summed E-state index contributed by atoms with van der Waals surface area (Å²) in [4.78, 5) is 10.9. The Hall–Kier alpha value is -1.27. The van der Waals surface area contributed by atoms with E-state index >= 15 is 0 Å². The Balaban J connectivity index is 2.98. The van der Waals surface area contributed by atoms with Crippen LogP contribution in [0, 0.1) is 0 Å². The average Bonchev–Trinajstić information content (AvgIpc) is 2.38. The molecular formula is C14H20BrNO4. The first kappa shape index (κ1) is 16.8. The molecule has 0 aliphatic rings. The molecule has 0 aliphatic heterocycles. The first-order valence-corrected chi connectivity index (χ1v) is 7.13. The molecule has 5 nitrogen and oxygen atoms in total. The number of carbonyl (C=O) groups is 1. The van der Waals surface area contributed by atoms with E-state index in [9.17, 15) is 4.79 Å². The van der Waals surface area contributed by atoms with Gasteiger partial charge in [-0.25, -0.2) is 4.79 Å². The van der Waals surface area contributed by atoms with Crippen molar-refractivity contribution >= 4 is 21.9 Å². The summed E-state index contributed by atoms with van der Waals surface area (Å²) in [5.74, 6) is -0.117. The van der Waals surface area contributed by atoms with E-state index in [1.807, 2.05) is 12.1 Å². The number of carboxylic acids is 1. The molecule has 1 unspecified atom stereocenters. The second-order valence-corrected chi connectivity index (χ2v) is 5.60. The van der Waals surface area contributed by atoms with Crippen LogP contribution in [0.2, 0.25) is 0 Å². The molecule has 6 heteroatoms. The number of methoxy groups -OCH3 is 1.